The number of carbonyl (C=O) groups excluding carboxylic acids is 2. The SMILES string of the molecule is CCOc1ccc(N(CC(=O)N(Cc2cccc(C)c2)C(Cc2ccccc2)C(=O)NC(C)CC)S(=O)(=O)c2ccc(F)cc2)cc1. The van der Waals surface area contributed by atoms with Crippen molar-refractivity contribution in [3.05, 3.63) is 126 Å². The minimum absolute atomic E-state index is 0.0691. The van der Waals surface area contributed by atoms with Gasteiger partial charge in [0.2, 0.25) is 11.8 Å². The van der Waals surface area contributed by atoms with Crippen molar-refractivity contribution >= 4 is 27.5 Å². The molecule has 0 fully saturated rings. The third-order valence-electron chi connectivity index (χ3n) is 7.82. The Bertz CT molecular complexity index is 1730. The average molecular weight is 660 g/mol. The van der Waals surface area contributed by atoms with Crippen molar-refractivity contribution in [3.8, 4) is 5.75 Å². The summed E-state index contributed by atoms with van der Waals surface area (Å²) in [6.45, 7) is 7.51. The van der Waals surface area contributed by atoms with E-state index < -0.39 is 34.3 Å². The third-order valence-corrected chi connectivity index (χ3v) is 9.61. The van der Waals surface area contributed by atoms with Crippen molar-refractivity contribution in [2.45, 2.75) is 64.1 Å². The molecule has 248 valence electrons. The van der Waals surface area contributed by atoms with Crippen LogP contribution >= 0.6 is 0 Å². The minimum atomic E-state index is -4.35. The normalized spacial score (nSPS) is 12.5. The second kappa shape index (κ2) is 16.2. The average Bonchev–Trinajstić information content (AvgIpc) is 3.06. The van der Waals surface area contributed by atoms with E-state index in [-0.39, 0.29) is 35.5 Å². The van der Waals surface area contributed by atoms with Crippen molar-refractivity contribution in [3.63, 3.8) is 0 Å². The molecule has 0 aromatic heterocycles. The van der Waals surface area contributed by atoms with E-state index in [1.54, 1.807) is 24.3 Å². The Morgan fingerprint density at radius 1 is 0.872 bits per heavy atom. The number of rotatable bonds is 15. The lowest BCUT2D eigenvalue weighted by atomic mass is 10.0. The van der Waals surface area contributed by atoms with Gasteiger partial charge in [0.05, 0.1) is 17.2 Å². The molecule has 47 heavy (non-hydrogen) atoms. The van der Waals surface area contributed by atoms with E-state index in [2.05, 4.69) is 5.32 Å². The van der Waals surface area contributed by atoms with Crippen LogP contribution in [-0.2, 0) is 32.6 Å². The lowest BCUT2D eigenvalue weighted by molar-refractivity contribution is -0.140. The van der Waals surface area contributed by atoms with Crippen molar-refractivity contribution in [1.82, 2.24) is 10.2 Å². The summed E-state index contributed by atoms with van der Waals surface area (Å²) in [6.07, 6.45) is 0.908. The maximum Gasteiger partial charge on any atom is 0.264 e. The van der Waals surface area contributed by atoms with E-state index in [1.165, 1.54) is 17.0 Å². The number of halogens is 1. The number of hydrogen-bond acceptors (Lipinski definition) is 5. The fourth-order valence-corrected chi connectivity index (χ4v) is 6.55. The number of nitrogens with zero attached hydrogens (tertiary/aromatic N) is 2. The highest BCUT2D eigenvalue weighted by Gasteiger charge is 2.35. The van der Waals surface area contributed by atoms with Crippen LogP contribution in [0.4, 0.5) is 10.1 Å². The van der Waals surface area contributed by atoms with E-state index in [0.717, 1.165) is 33.1 Å². The molecule has 0 aliphatic heterocycles. The molecule has 0 bridgehead atoms. The van der Waals surface area contributed by atoms with E-state index in [0.29, 0.717) is 18.8 Å². The highest BCUT2D eigenvalue weighted by Crippen LogP contribution is 2.27. The molecule has 4 rings (SSSR count). The number of carbonyl (C=O) groups is 2. The predicted octanol–water partition coefficient (Wildman–Crippen LogP) is 6.28. The first-order valence-corrected chi connectivity index (χ1v) is 17.2. The monoisotopic (exact) mass is 659 g/mol. The zero-order chi connectivity index (χ0) is 34.0. The molecular formula is C37H42FN3O5S. The number of amides is 2. The number of ether oxygens (including phenoxy) is 1. The molecule has 0 spiro atoms. The molecule has 2 amide bonds. The summed E-state index contributed by atoms with van der Waals surface area (Å²) in [5.74, 6) is -0.968. The summed E-state index contributed by atoms with van der Waals surface area (Å²) in [5, 5.41) is 3.03. The standard InChI is InChI=1S/C37H42FN3O5S/c1-5-28(4)39-37(43)35(24-29-12-8-7-9-13-29)40(25-30-14-10-11-27(3)23-30)36(42)26-41(32-17-19-33(20-18-32)46-6-2)47(44,45)34-21-15-31(38)16-22-34/h7-23,28,35H,5-6,24-26H2,1-4H3,(H,39,43). The summed E-state index contributed by atoms with van der Waals surface area (Å²) in [4.78, 5) is 29.8. The molecule has 0 aliphatic rings. The Kier molecular flexibility index (Phi) is 12.1. The highest BCUT2D eigenvalue weighted by molar-refractivity contribution is 7.92. The molecule has 1 N–H and O–H groups in total. The van der Waals surface area contributed by atoms with Crippen molar-refractivity contribution < 1.29 is 27.1 Å². The molecule has 0 aliphatic carbocycles. The molecule has 0 saturated heterocycles. The van der Waals surface area contributed by atoms with Gasteiger partial charge in [-0.15, -0.1) is 0 Å². The molecule has 0 radical (unpaired) electrons. The van der Waals surface area contributed by atoms with Crippen LogP contribution in [-0.4, -0.2) is 50.4 Å². The number of benzene rings is 4. The molecule has 0 saturated carbocycles. The Balaban J connectivity index is 1.81. The molecule has 0 heterocycles. The van der Waals surface area contributed by atoms with Crippen molar-refractivity contribution in [1.29, 1.82) is 0 Å². The van der Waals surface area contributed by atoms with Crippen LogP contribution in [0.5, 0.6) is 5.75 Å². The van der Waals surface area contributed by atoms with Gasteiger partial charge in [-0.25, -0.2) is 12.8 Å². The summed E-state index contributed by atoms with van der Waals surface area (Å²) in [6, 6.07) is 26.8. The van der Waals surface area contributed by atoms with Crippen molar-refractivity contribution in [2.75, 3.05) is 17.5 Å². The van der Waals surface area contributed by atoms with Crippen LogP contribution in [0.2, 0.25) is 0 Å². The maximum absolute atomic E-state index is 14.6. The topological polar surface area (TPSA) is 96.0 Å². The number of hydrogen-bond donors (Lipinski definition) is 1. The zero-order valence-corrected chi connectivity index (χ0v) is 28.0. The predicted molar refractivity (Wildman–Crippen MR) is 182 cm³/mol. The first-order valence-electron chi connectivity index (χ1n) is 15.7. The maximum atomic E-state index is 14.6. The minimum Gasteiger partial charge on any atom is -0.494 e. The van der Waals surface area contributed by atoms with E-state index in [1.807, 2.05) is 82.3 Å². The quantitative estimate of drug-likeness (QED) is 0.162. The summed E-state index contributed by atoms with van der Waals surface area (Å²) in [7, 11) is -4.35. The van der Waals surface area contributed by atoms with Gasteiger partial charge in [0, 0.05) is 19.0 Å². The molecule has 2 atom stereocenters. The van der Waals surface area contributed by atoms with Gasteiger partial charge in [0.25, 0.3) is 10.0 Å². The smallest absolute Gasteiger partial charge is 0.264 e. The summed E-state index contributed by atoms with van der Waals surface area (Å²) >= 11 is 0. The third kappa shape index (κ3) is 9.42. The zero-order valence-electron chi connectivity index (χ0n) is 27.2. The molecule has 8 nitrogen and oxygen atoms in total. The van der Waals surface area contributed by atoms with Crippen LogP contribution in [0.25, 0.3) is 0 Å². The van der Waals surface area contributed by atoms with Gasteiger partial charge in [-0.2, -0.15) is 0 Å². The molecule has 4 aromatic carbocycles. The Morgan fingerprint density at radius 2 is 1.53 bits per heavy atom. The molecule has 10 heteroatoms. The summed E-state index contributed by atoms with van der Waals surface area (Å²) in [5.41, 5.74) is 2.83. The molecule has 2 unspecified atom stereocenters. The van der Waals surface area contributed by atoms with Crippen LogP contribution in [0.15, 0.2) is 108 Å². The second-order valence-electron chi connectivity index (χ2n) is 11.4. The van der Waals surface area contributed by atoms with Gasteiger partial charge >= 0.3 is 0 Å². The van der Waals surface area contributed by atoms with E-state index in [4.69, 9.17) is 4.74 Å². The number of anilines is 1. The number of sulfonamides is 1. The van der Waals surface area contributed by atoms with Crippen molar-refractivity contribution in [2.24, 2.45) is 0 Å². The van der Waals surface area contributed by atoms with Gasteiger partial charge in [0.15, 0.2) is 0 Å². The van der Waals surface area contributed by atoms with Crippen LogP contribution in [0, 0.1) is 12.7 Å². The highest BCUT2D eigenvalue weighted by atomic mass is 32.2. The Morgan fingerprint density at radius 3 is 2.15 bits per heavy atom. The first-order chi connectivity index (χ1) is 22.5. The first kappa shape index (κ1) is 35.2. The van der Waals surface area contributed by atoms with Gasteiger partial charge in [-0.1, -0.05) is 67.1 Å². The van der Waals surface area contributed by atoms with Gasteiger partial charge in [-0.05, 0) is 86.8 Å². The Hall–Kier alpha value is -4.70. The van der Waals surface area contributed by atoms with Gasteiger partial charge in [-0.3, -0.25) is 13.9 Å². The van der Waals surface area contributed by atoms with Gasteiger partial charge < -0.3 is 15.0 Å². The largest absolute Gasteiger partial charge is 0.494 e. The molecular weight excluding hydrogens is 617 g/mol. The van der Waals surface area contributed by atoms with Crippen LogP contribution in [0.3, 0.4) is 0 Å². The fraction of sp³-hybridized carbons (Fsp3) is 0.297. The van der Waals surface area contributed by atoms with E-state index in [9.17, 15) is 22.4 Å². The second-order valence-corrected chi connectivity index (χ2v) is 13.3. The number of nitrogens with one attached hydrogen (secondary N) is 1. The fourth-order valence-electron chi connectivity index (χ4n) is 5.14. The lowest BCUT2D eigenvalue weighted by Gasteiger charge is -2.34. The summed E-state index contributed by atoms with van der Waals surface area (Å²) < 4.78 is 48.6. The Labute approximate surface area is 277 Å². The van der Waals surface area contributed by atoms with Crippen LogP contribution < -0.4 is 14.4 Å². The van der Waals surface area contributed by atoms with Crippen LogP contribution in [0.1, 0.15) is 43.9 Å². The van der Waals surface area contributed by atoms with Gasteiger partial charge in [0.1, 0.15) is 24.2 Å². The lowest BCUT2D eigenvalue weighted by Crippen LogP contribution is -2.54. The molecule has 4 aromatic rings. The number of aryl methyl sites for hydroxylation is 1. The van der Waals surface area contributed by atoms with E-state index >= 15 is 0 Å².